The molecule has 0 bridgehead atoms. The molecule has 21 heavy (non-hydrogen) atoms. The van der Waals surface area contributed by atoms with E-state index in [4.69, 9.17) is 5.11 Å². The van der Waals surface area contributed by atoms with Crippen LogP contribution in [0.1, 0.15) is 20.7 Å². The van der Waals surface area contributed by atoms with Crippen molar-refractivity contribution < 1.29 is 24.2 Å². The molecular weight excluding hydrogens is 345 g/mol. The topological polar surface area (TPSA) is 86.6 Å². The minimum absolute atomic E-state index is 0.0296. The molecule has 5 nitrogen and oxygen atoms in total. The number of hydrogen-bond donors (Lipinski definition) is 3. The Morgan fingerprint density at radius 2 is 1.90 bits per heavy atom. The fraction of sp³-hybridized carbons (Fsp3) is 0. The van der Waals surface area contributed by atoms with Gasteiger partial charge in [-0.25, -0.2) is 9.18 Å². The highest BCUT2D eigenvalue weighted by Gasteiger charge is 2.16. The molecule has 7 heteroatoms. The first-order valence-corrected chi connectivity index (χ1v) is 6.50. The van der Waals surface area contributed by atoms with Gasteiger partial charge in [-0.05, 0) is 30.3 Å². The molecule has 0 heterocycles. The lowest BCUT2D eigenvalue weighted by Gasteiger charge is -2.09. The van der Waals surface area contributed by atoms with Crippen LogP contribution in [0.3, 0.4) is 0 Å². The zero-order valence-corrected chi connectivity index (χ0v) is 12.0. The molecule has 0 unspecified atom stereocenters. The van der Waals surface area contributed by atoms with E-state index in [1.807, 2.05) is 0 Å². The molecule has 0 aliphatic rings. The van der Waals surface area contributed by atoms with E-state index < -0.39 is 23.4 Å². The predicted molar refractivity (Wildman–Crippen MR) is 77.1 cm³/mol. The second-order valence-corrected chi connectivity index (χ2v) is 5.03. The van der Waals surface area contributed by atoms with Gasteiger partial charge in [0.05, 0.1) is 5.69 Å². The SMILES string of the molecule is O=C(Nc1cccc(C(=O)O)c1O)c1cc(F)cc(Br)c1. The molecule has 0 atom stereocenters. The largest absolute Gasteiger partial charge is 0.505 e. The third-order valence-corrected chi connectivity index (χ3v) is 3.10. The van der Waals surface area contributed by atoms with Crippen molar-refractivity contribution in [2.75, 3.05) is 5.32 Å². The highest BCUT2D eigenvalue weighted by Crippen LogP contribution is 2.28. The standard InChI is InChI=1S/C14H9BrFNO4/c15-8-4-7(5-9(16)6-8)13(19)17-11-3-1-2-10(12(11)18)14(20)21/h1-6,18H,(H,17,19)(H,20,21). The lowest BCUT2D eigenvalue weighted by molar-refractivity contribution is 0.0693. The first-order chi connectivity index (χ1) is 9.88. The summed E-state index contributed by atoms with van der Waals surface area (Å²) in [4.78, 5) is 22.9. The van der Waals surface area contributed by atoms with Crippen LogP contribution in [-0.2, 0) is 0 Å². The lowest BCUT2D eigenvalue weighted by atomic mass is 10.1. The summed E-state index contributed by atoms with van der Waals surface area (Å²) >= 11 is 3.06. The number of hydrogen-bond acceptors (Lipinski definition) is 3. The second-order valence-electron chi connectivity index (χ2n) is 4.12. The molecule has 2 aromatic carbocycles. The molecule has 2 rings (SSSR count). The first-order valence-electron chi connectivity index (χ1n) is 5.71. The van der Waals surface area contributed by atoms with Crippen molar-refractivity contribution in [2.24, 2.45) is 0 Å². The Kier molecular flexibility index (Phi) is 4.23. The van der Waals surface area contributed by atoms with Crippen LogP contribution < -0.4 is 5.32 Å². The maximum absolute atomic E-state index is 13.2. The van der Waals surface area contributed by atoms with Gasteiger partial charge in [0, 0.05) is 10.0 Å². The number of halogens is 2. The number of nitrogens with one attached hydrogen (secondary N) is 1. The summed E-state index contributed by atoms with van der Waals surface area (Å²) in [7, 11) is 0. The van der Waals surface area contributed by atoms with Crippen LogP contribution in [0, 0.1) is 5.82 Å². The van der Waals surface area contributed by atoms with Gasteiger partial charge in [-0.15, -0.1) is 0 Å². The fourth-order valence-corrected chi connectivity index (χ4v) is 2.16. The Bertz CT molecular complexity index is 713. The number of phenols is 1. The normalized spacial score (nSPS) is 10.2. The molecule has 3 N–H and O–H groups in total. The van der Waals surface area contributed by atoms with E-state index in [9.17, 15) is 19.1 Å². The van der Waals surface area contributed by atoms with Crippen molar-refractivity contribution in [3.05, 3.63) is 57.8 Å². The number of rotatable bonds is 3. The van der Waals surface area contributed by atoms with Crippen molar-refractivity contribution in [2.45, 2.75) is 0 Å². The molecule has 0 aliphatic heterocycles. The number of para-hydroxylation sites is 1. The monoisotopic (exact) mass is 353 g/mol. The van der Waals surface area contributed by atoms with E-state index in [0.29, 0.717) is 4.47 Å². The number of benzene rings is 2. The maximum atomic E-state index is 13.2. The van der Waals surface area contributed by atoms with Gasteiger partial charge in [0.15, 0.2) is 5.75 Å². The molecule has 0 aromatic heterocycles. The van der Waals surface area contributed by atoms with Gasteiger partial charge in [-0.3, -0.25) is 4.79 Å². The number of anilines is 1. The van der Waals surface area contributed by atoms with E-state index in [0.717, 1.165) is 6.07 Å². The number of carbonyl (C=O) groups excluding carboxylic acids is 1. The van der Waals surface area contributed by atoms with Crippen LogP contribution >= 0.6 is 15.9 Å². The molecule has 0 aliphatic carbocycles. The minimum atomic E-state index is -1.32. The van der Waals surface area contributed by atoms with Gasteiger partial charge in [-0.1, -0.05) is 22.0 Å². The second kappa shape index (κ2) is 5.92. The van der Waals surface area contributed by atoms with E-state index >= 15 is 0 Å². The summed E-state index contributed by atoms with van der Waals surface area (Å²) in [6.45, 7) is 0. The van der Waals surface area contributed by atoms with E-state index in [1.165, 1.54) is 30.3 Å². The first kappa shape index (κ1) is 15.0. The Morgan fingerprint density at radius 1 is 1.19 bits per heavy atom. The summed E-state index contributed by atoms with van der Waals surface area (Å²) < 4.78 is 13.6. The quantitative estimate of drug-likeness (QED) is 0.739. The third kappa shape index (κ3) is 3.38. The van der Waals surface area contributed by atoms with Crippen LogP contribution in [-0.4, -0.2) is 22.1 Å². The summed E-state index contributed by atoms with van der Waals surface area (Å²) in [6, 6.07) is 7.54. The summed E-state index contributed by atoms with van der Waals surface area (Å²) in [5.74, 6) is -3.16. The number of amides is 1. The van der Waals surface area contributed by atoms with Crippen molar-refractivity contribution in [1.29, 1.82) is 0 Å². The highest BCUT2D eigenvalue weighted by molar-refractivity contribution is 9.10. The number of aromatic hydroxyl groups is 1. The molecule has 0 fully saturated rings. The number of carbonyl (C=O) groups is 2. The Labute approximate surface area is 127 Å². The summed E-state index contributed by atoms with van der Waals surface area (Å²) in [5.41, 5.74) is -0.379. The number of carboxylic acids is 1. The molecule has 108 valence electrons. The van der Waals surface area contributed by atoms with Gasteiger partial charge in [0.1, 0.15) is 11.4 Å². The van der Waals surface area contributed by atoms with Gasteiger partial charge in [-0.2, -0.15) is 0 Å². The summed E-state index contributed by atoms with van der Waals surface area (Å²) in [5, 5.41) is 21.0. The molecular formula is C14H9BrFNO4. The van der Waals surface area contributed by atoms with Gasteiger partial charge < -0.3 is 15.5 Å². The van der Waals surface area contributed by atoms with Crippen LogP contribution in [0.25, 0.3) is 0 Å². The molecule has 0 spiro atoms. The van der Waals surface area contributed by atoms with Crippen LogP contribution in [0.4, 0.5) is 10.1 Å². The third-order valence-electron chi connectivity index (χ3n) is 2.64. The Hall–Kier alpha value is -2.41. The molecule has 0 saturated heterocycles. The lowest BCUT2D eigenvalue weighted by Crippen LogP contribution is -2.13. The smallest absolute Gasteiger partial charge is 0.339 e. The van der Waals surface area contributed by atoms with E-state index in [1.54, 1.807) is 0 Å². The molecule has 2 aromatic rings. The highest BCUT2D eigenvalue weighted by atomic mass is 79.9. The fourth-order valence-electron chi connectivity index (χ4n) is 1.70. The Balaban J connectivity index is 2.32. The van der Waals surface area contributed by atoms with Crippen LogP contribution in [0.5, 0.6) is 5.75 Å². The average Bonchev–Trinajstić information content (AvgIpc) is 2.39. The number of carboxylic acid groups (broad SMARTS) is 1. The van der Waals surface area contributed by atoms with E-state index in [2.05, 4.69) is 21.2 Å². The van der Waals surface area contributed by atoms with Crippen LogP contribution in [0.2, 0.25) is 0 Å². The zero-order chi connectivity index (χ0) is 15.6. The van der Waals surface area contributed by atoms with Crippen molar-refractivity contribution in [3.63, 3.8) is 0 Å². The van der Waals surface area contributed by atoms with Crippen molar-refractivity contribution in [1.82, 2.24) is 0 Å². The van der Waals surface area contributed by atoms with Gasteiger partial charge >= 0.3 is 5.97 Å². The van der Waals surface area contributed by atoms with Crippen molar-refractivity contribution in [3.8, 4) is 5.75 Å². The van der Waals surface area contributed by atoms with E-state index in [-0.39, 0.29) is 16.8 Å². The number of aromatic carboxylic acids is 1. The van der Waals surface area contributed by atoms with Gasteiger partial charge in [0.25, 0.3) is 5.91 Å². The molecule has 0 saturated carbocycles. The Morgan fingerprint density at radius 3 is 2.52 bits per heavy atom. The predicted octanol–water partition coefficient (Wildman–Crippen LogP) is 3.24. The van der Waals surface area contributed by atoms with Gasteiger partial charge in [0.2, 0.25) is 0 Å². The van der Waals surface area contributed by atoms with Crippen molar-refractivity contribution >= 4 is 33.5 Å². The zero-order valence-electron chi connectivity index (χ0n) is 10.4. The minimum Gasteiger partial charge on any atom is -0.505 e. The molecule has 1 amide bonds. The maximum Gasteiger partial charge on any atom is 0.339 e. The molecule has 0 radical (unpaired) electrons. The van der Waals surface area contributed by atoms with Crippen LogP contribution in [0.15, 0.2) is 40.9 Å². The average molecular weight is 354 g/mol. The summed E-state index contributed by atoms with van der Waals surface area (Å²) in [6.07, 6.45) is 0.